The van der Waals surface area contributed by atoms with Crippen LogP contribution in [0.1, 0.15) is 40.3 Å². The standard InChI is InChI=1S/C15H17OP.2C14H8F6N.Ir/c1-13(16)12-17(14-8-4-2-5-9-14)15-10-6-3-7-11-15;2*1-8-2-3-21-12(4-8)9-5-10(13(15,16)17)7-11(6-9)14(18,19)20;/h2-11,13,16H,12H2,1H3;2*2-5,7H,1H3;/q;2*-1;/p+1. The van der Waals surface area contributed by atoms with E-state index >= 15 is 0 Å². The molecule has 0 aliphatic rings. The van der Waals surface area contributed by atoms with Crippen molar-refractivity contribution in [1.29, 1.82) is 0 Å². The van der Waals surface area contributed by atoms with Crippen LogP contribution in [0.25, 0.3) is 22.5 Å². The monoisotopic (exact) mass is 1050 g/mol. The fourth-order valence-electron chi connectivity index (χ4n) is 5.39. The van der Waals surface area contributed by atoms with E-state index in [2.05, 4.69) is 58.5 Å². The number of aryl methyl sites for hydroxylation is 2. The maximum atomic E-state index is 12.7. The average Bonchev–Trinajstić information content (AvgIpc) is 3.16. The Labute approximate surface area is 352 Å². The van der Waals surface area contributed by atoms with E-state index in [0.29, 0.717) is 23.3 Å². The van der Waals surface area contributed by atoms with Crippen molar-refractivity contribution in [3.8, 4) is 22.5 Å². The van der Waals surface area contributed by atoms with E-state index in [4.69, 9.17) is 0 Å². The zero-order valence-corrected chi connectivity index (χ0v) is 34.9. The third-order valence-electron chi connectivity index (χ3n) is 8.13. The van der Waals surface area contributed by atoms with Gasteiger partial charge in [-0.3, -0.25) is 0 Å². The van der Waals surface area contributed by atoms with Gasteiger partial charge in [-0.25, -0.2) is 0 Å². The molecule has 0 saturated heterocycles. The van der Waals surface area contributed by atoms with Gasteiger partial charge in [0.2, 0.25) is 0 Å². The molecule has 1 N–H and O–H groups in total. The van der Waals surface area contributed by atoms with Gasteiger partial charge in [-0.05, 0) is 90.8 Å². The summed E-state index contributed by atoms with van der Waals surface area (Å²) in [6.07, 6.45) is -16.4. The van der Waals surface area contributed by atoms with Crippen molar-refractivity contribution in [2.24, 2.45) is 0 Å². The SMILES string of the molecule is CC(O)C[PH+](c1ccccc1)c1ccccc1.Cc1ccnc(-c2[c-]c(C(F)(F)F)cc(C(F)(F)F)c2)c1.Cc1ccnc(-c2[c-]c(C(F)(F)F)cc(C(F)(F)F)c2)c1.[Ir]. The van der Waals surface area contributed by atoms with Gasteiger partial charge in [0.15, 0.2) is 0 Å². The Morgan fingerprint density at radius 1 is 0.533 bits per heavy atom. The average molecular weight is 1050 g/mol. The van der Waals surface area contributed by atoms with Crippen LogP contribution in [0, 0.1) is 26.0 Å². The maximum Gasteiger partial charge on any atom is 0.399 e. The van der Waals surface area contributed by atoms with Crippen molar-refractivity contribution < 1.29 is 77.9 Å². The number of halogens is 12. The number of hydrogen-bond donors (Lipinski definition) is 1. The molecule has 321 valence electrons. The molecule has 0 aliphatic carbocycles. The Morgan fingerprint density at radius 2 is 0.883 bits per heavy atom. The third-order valence-corrected chi connectivity index (χ3v) is 11.2. The van der Waals surface area contributed by atoms with Crippen LogP contribution in [0.4, 0.5) is 52.7 Å². The summed E-state index contributed by atoms with van der Waals surface area (Å²) < 4.78 is 153. The number of hydrogen-bond acceptors (Lipinski definition) is 3. The molecule has 4 aromatic carbocycles. The van der Waals surface area contributed by atoms with Crippen molar-refractivity contribution in [1.82, 2.24) is 9.97 Å². The molecule has 0 bridgehead atoms. The summed E-state index contributed by atoms with van der Waals surface area (Å²) >= 11 is 0. The van der Waals surface area contributed by atoms with Crippen LogP contribution < -0.4 is 10.6 Å². The minimum atomic E-state index is -4.92. The van der Waals surface area contributed by atoms with E-state index in [1.54, 1.807) is 26.0 Å². The van der Waals surface area contributed by atoms with Gasteiger partial charge < -0.3 is 15.1 Å². The minimum Gasteiger partial charge on any atom is -0.390 e. The molecule has 6 aromatic rings. The first-order valence-corrected chi connectivity index (χ1v) is 19.1. The van der Waals surface area contributed by atoms with Crippen LogP contribution in [-0.4, -0.2) is 27.3 Å². The molecule has 60 heavy (non-hydrogen) atoms. The Bertz CT molecular complexity index is 2060. The van der Waals surface area contributed by atoms with E-state index < -0.39 is 54.9 Å². The number of aliphatic hydroxyl groups excluding tert-OH is 1. The van der Waals surface area contributed by atoms with Crippen molar-refractivity contribution >= 4 is 18.5 Å². The predicted molar refractivity (Wildman–Crippen MR) is 204 cm³/mol. The summed E-state index contributed by atoms with van der Waals surface area (Å²) in [5, 5.41) is 12.4. The van der Waals surface area contributed by atoms with Crippen molar-refractivity contribution in [2.45, 2.75) is 51.6 Å². The number of alkyl halides is 12. The van der Waals surface area contributed by atoms with E-state index in [1.807, 2.05) is 31.2 Å². The molecule has 1 radical (unpaired) electrons. The van der Waals surface area contributed by atoms with Gasteiger partial charge in [0, 0.05) is 32.5 Å². The molecule has 2 aromatic heterocycles. The molecule has 0 aliphatic heterocycles. The summed E-state index contributed by atoms with van der Waals surface area (Å²) in [6.45, 7) is 5.18. The van der Waals surface area contributed by atoms with Crippen LogP contribution >= 0.6 is 7.92 Å². The summed E-state index contributed by atoms with van der Waals surface area (Å²) in [5.41, 5.74) is -5.07. The molecule has 0 fully saturated rings. The molecular weight excluding hydrogens is 1010 g/mol. The summed E-state index contributed by atoms with van der Waals surface area (Å²) in [5.74, 6) is 0. The van der Waals surface area contributed by atoms with Crippen molar-refractivity contribution in [3.05, 3.63) is 167 Å². The molecular formula is C43H34F12IrN2OP-. The Balaban J connectivity index is 0.000000240. The zero-order chi connectivity index (χ0) is 43.8. The largest absolute Gasteiger partial charge is 0.399 e. The Kier molecular flexibility index (Phi) is 17.2. The first-order chi connectivity index (χ1) is 27.4. The minimum absolute atomic E-state index is 0. The number of pyridine rings is 2. The number of rotatable bonds is 6. The summed E-state index contributed by atoms with van der Waals surface area (Å²) in [4.78, 5) is 7.58. The normalized spacial score (nSPS) is 12.3. The Morgan fingerprint density at radius 3 is 1.17 bits per heavy atom. The summed E-state index contributed by atoms with van der Waals surface area (Å²) in [7, 11) is -0.849. The van der Waals surface area contributed by atoms with Gasteiger partial charge in [0.1, 0.15) is 0 Å². The topological polar surface area (TPSA) is 46.0 Å². The second-order valence-electron chi connectivity index (χ2n) is 13.1. The molecule has 6 rings (SSSR count). The van der Waals surface area contributed by atoms with Crippen molar-refractivity contribution in [2.75, 3.05) is 6.16 Å². The van der Waals surface area contributed by atoms with Gasteiger partial charge in [0.25, 0.3) is 0 Å². The van der Waals surface area contributed by atoms with Crippen molar-refractivity contribution in [3.63, 3.8) is 0 Å². The fourth-order valence-corrected chi connectivity index (χ4v) is 7.98. The van der Waals surface area contributed by atoms with Crippen LogP contribution in [-0.2, 0) is 44.8 Å². The van der Waals surface area contributed by atoms with Crippen LogP contribution in [0.5, 0.6) is 0 Å². The van der Waals surface area contributed by atoms with E-state index in [0.717, 1.165) is 6.16 Å². The second kappa shape index (κ2) is 20.8. The predicted octanol–water partition coefficient (Wildman–Crippen LogP) is 12.0. The smallest absolute Gasteiger partial charge is 0.390 e. The maximum absolute atomic E-state index is 12.7. The quantitative estimate of drug-likeness (QED) is 0.103. The number of aromatic nitrogens is 2. The molecule has 17 heteroatoms. The van der Waals surface area contributed by atoms with Gasteiger partial charge in [-0.15, -0.1) is 47.5 Å². The van der Waals surface area contributed by atoms with E-state index in [1.165, 1.54) is 35.1 Å². The Hall–Kier alpha value is -4.62. The first-order valence-electron chi connectivity index (χ1n) is 17.4. The van der Waals surface area contributed by atoms with Crippen LogP contribution in [0.2, 0.25) is 0 Å². The molecule has 0 amide bonds. The molecule has 1 unspecified atom stereocenters. The van der Waals surface area contributed by atoms with E-state index in [9.17, 15) is 57.8 Å². The molecule has 3 nitrogen and oxygen atoms in total. The van der Waals surface area contributed by atoms with Gasteiger partial charge in [-0.1, -0.05) is 59.7 Å². The fraction of sp³-hybridized carbons (Fsp3) is 0.209. The third kappa shape index (κ3) is 14.8. The van der Waals surface area contributed by atoms with Gasteiger partial charge in [-0.2, -0.15) is 52.7 Å². The van der Waals surface area contributed by atoms with E-state index in [-0.39, 0.29) is 60.9 Å². The molecule has 0 saturated carbocycles. The molecule has 2 heterocycles. The van der Waals surface area contributed by atoms with Crippen LogP contribution in [0.15, 0.2) is 122 Å². The number of nitrogens with zero attached hydrogens (tertiary/aromatic N) is 2. The number of benzene rings is 4. The zero-order valence-electron chi connectivity index (χ0n) is 31.5. The second-order valence-corrected chi connectivity index (χ2v) is 15.6. The van der Waals surface area contributed by atoms with Gasteiger partial charge in [0.05, 0.1) is 30.8 Å². The molecule has 1 atom stereocenters. The molecule has 0 spiro atoms. The van der Waals surface area contributed by atoms with Gasteiger partial charge >= 0.3 is 24.7 Å². The summed E-state index contributed by atoms with van der Waals surface area (Å²) in [6, 6.07) is 32.2. The number of aliphatic hydroxyl groups is 1. The van der Waals surface area contributed by atoms with Crippen LogP contribution in [0.3, 0.4) is 0 Å². The first kappa shape index (κ1) is 49.7.